The lowest BCUT2D eigenvalue weighted by Crippen LogP contribution is -2.21. The molecule has 0 unspecified atom stereocenters. The first-order valence-corrected chi connectivity index (χ1v) is 8.59. The average Bonchev–Trinajstić information content (AvgIpc) is 2.67. The Morgan fingerprint density at radius 3 is 2.68 bits per heavy atom. The Kier molecular flexibility index (Phi) is 5.91. The van der Waals surface area contributed by atoms with E-state index in [2.05, 4.69) is 20.5 Å². The zero-order chi connectivity index (χ0) is 19.9. The maximum atomic E-state index is 12.0. The highest BCUT2D eigenvalue weighted by atomic mass is 16.5. The van der Waals surface area contributed by atoms with E-state index in [1.54, 1.807) is 36.4 Å². The number of carbonyl (C=O) groups is 2. The van der Waals surface area contributed by atoms with Crippen molar-refractivity contribution in [1.29, 1.82) is 0 Å². The van der Waals surface area contributed by atoms with Crippen LogP contribution in [0.5, 0.6) is 5.75 Å². The Morgan fingerprint density at radius 1 is 1.18 bits per heavy atom. The smallest absolute Gasteiger partial charge is 0.308 e. The summed E-state index contributed by atoms with van der Waals surface area (Å²) in [7, 11) is 0. The first-order valence-electron chi connectivity index (χ1n) is 8.59. The summed E-state index contributed by atoms with van der Waals surface area (Å²) in [6.07, 6.45) is 1.76. The van der Waals surface area contributed by atoms with Gasteiger partial charge in [0.1, 0.15) is 11.4 Å². The van der Waals surface area contributed by atoms with Crippen LogP contribution in [0.2, 0.25) is 0 Å². The first-order chi connectivity index (χ1) is 13.5. The van der Waals surface area contributed by atoms with Crippen LogP contribution in [0.25, 0.3) is 11.0 Å². The summed E-state index contributed by atoms with van der Waals surface area (Å²) in [4.78, 5) is 41.9. The van der Waals surface area contributed by atoms with Crippen molar-refractivity contribution in [2.45, 2.75) is 19.8 Å². The quantitative estimate of drug-likeness (QED) is 0.294. The van der Waals surface area contributed by atoms with Crippen molar-refractivity contribution < 1.29 is 14.3 Å². The van der Waals surface area contributed by atoms with Gasteiger partial charge >= 0.3 is 5.97 Å². The van der Waals surface area contributed by atoms with Gasteiger partial charge in [-0.25, -0.2) is 10.4 Å². The minimum Gasteiger partial charge on any atom is -0.427 e. The van der Waals surface area contributed by atoms with Gasteiger partial charge in [0.2, 0.25) is 5.91 Å². The molecule has 142 valence electrons. The number of nitrogens with one attached hydrogen (secondary N) is 2. The van der Waals surface area contributed by atoms with Gasteiger partial charge in [-0.2, -0.15) is 5.10 Å². The number of rotatable bonds is 6. The van der Waals surface area contributed by atoms with Crippen LogP contribution < -0.4 is 15.7 Å². The number of aromatic amines is 1. The lowest BCUT2D eigenvalue weighted by atomic mass is 10.2. The number of benzene rings is 2. The Morgan fingerprint density at radius 2 is 1.93 bits per heavy atom. The van der Waals surface area contributed by atoms with Gasteiger partial charge in [0.25, 0.3) is 5.56 Å². The van der Waals surface area contributed by atoms with Crippen LogP contribution in [0.1, 0.15) is 24.6 Å². The summed E-state index contributed by atoms with van der Waals surface area (Å²) >= 11 is 0. The number of nitrogens with zero attached hydrogens (tertiary/aromatic N) is 2. The topological polar surface area (TPSA) is 114 Å². The van der Waals surface area contributed by atoms with Crippen LogP contribution in [0.3, 0.4) is 0 Å². The largest absolute Gasteiger partial charge is 0.427 e. The highest BCUT2D eigenvalue weighted by Crippen LogP contribution is 2.11. The molecule has 0 aliphatic carbocycles. The van der Waals surface area contributed by atoms with Crippen LogP contribution in [-0.2, 0) is 16.0 Å². The number of H-pyrrole nitrogens is 1. The molecule has 2 aromatic carbocycles. The van der Waals surface area contributed by atoms with Crippen LogP contribution in [0, 0.1) is 0 Å². The number of para-hydroxylation sites is 2. The lowest BCUT2D eigenvalue weighted by molar-refractivity contribution is -0.131. The summed E-state index contributed by atoms with van der Waals surface area (Å²) in [5.74, 6) is -0.294. The molecule has 3 rings (SSSR count). The van der Waals surface area contributed by atoms with E-state index >= 15 is 0 Å². The Labute approximate surface area is 160 Å². The third-order valence-corrected chi connectivity index (χ3v) is 3.80. The van der Waals surface area contributed by atoms with Gasteiger partial charge in [-0.05, 0) is 42.0 Å². The number of aromatic nitrogens is 2. The van der Waals surface area contributed by atoms with Gasteiger partial charge in [-0.15, -0.1) is 0 Å². The third-order valence-electron chi connectivity index (χ3n) is 3.80. The second-order valence-corrected chi connectivity index (χ2v) is 5.99. The van der Waals surface area contributed by atoms with E-state index in [0.717, 1.165) is 5.56 Å². The van der Waals surface area contributed by atoms with Crippen LogP contribution in [0.4, 0.5) is 0 Å². The minimum absolute atomic E-state index is 0.0805. The molecule has 0 aliphatic heterocycles. The summed E-state index contributed by atoms with van der Waals surface area (Å²) in [5.41, 5.74) is 4.47. The fraction of sp³-hybridized carbons (Fsp3) is 0.150. The second-order valence-electron chi connectivity index (χ2n) is 5.99. The molecule has 8 nitrogen and oxygen atoms in total. The Balaban J connectivity index is 1.53. The molecule has 0 aliphatic rings. The molecular weight excluding hydrogens is 360 g/mol. The molecule has 3 aromatic rings. The zero-order valence-electron chi connectivity index (χ0n) is 15.1. The molecule has 1 amide bonds. The van der Waals surface area contributed by atoms with E-state index in [1.165, 1.54) is 13.1 Å². The highest BCUT2D eigenvalue weighted by molar-refractivity contribution is 5.82. The fourth-order valence-corrected chi connectivity index (χ4v) is 2.49. The van der Waals surface area contributed by atoms with Crippen molar-refractivity contribution in [3.8, 4) is 5.75 Å². The number of hydrazone groups is 1. The van der Waals surface area contributed by atoms with Crippen molar-refractivity contribution in [2.24, 2.45) is 5.10 Å². The second kappa shape index (κ2) is 8.72. The molecule has 0 spiro atoms. The minimum atomic E-state index is -0.395. The molecule has 1 aromatic heterocycles. The van der Waals surface area contributed by atoms with Crippen molar-refractivity contribution in [1.82, 2.24) is 15.4 Å². The Hall–Kier alpha value is -3.81. The molecule has 1 heterocycles. The summed E-state index contributed by atoms with van der Waals surface area (Å²) in [5, 5.41) is 3.88. The molecule has 2 N–H and O–H groups in total. The van der Waals surface area contributed by atoms with Crippen LogP contribution in [-0.4, -0.2) is 28.1 Å². The molecular formula is C20H18N4O4. The number of esters is 1. The van der Waals surface area contributed by atoms with Gasteiger partial charge in [-0.3, -0.25) is 14.4 Å². The van der Waals surface area contributed by atoms with Crippen molar-refractivity contribution in [3.63, 3.8) is 0 Å². The van der Waals surface area contributed by atoms with E-state index < -0.39 is 5.97 Å². The molecule has 8 heteroatoms. The van der Waals surface area contributed by atoms with Crippen molar-refractivity contribution >= 4 is 29.1 Å². The molecule has 0 saturated heterocycles. The van der Waals surface area contributed by atoms with Crippen molar-refractivity contribution in [2.75, 3.05) is 0 Å². The van der Waals surface area contributed by atoms with E-state index in [4.69, 9.17) is 4.74 Å². The number of fused-ring (bicyclic) bond motifs is 1. The monoisotopic (exact) mass is 378 g/mol. The number of amides is 1. The zero-order valence-corrected chi connectivity index (χ0v) is 15.1. The van der Waals surface area contributed by atoms with Gasteiger partial charge in [0.15, 0.2) is 0 Å². The predicted molar refractivity (Wildman–Crippen MR) is 104 cm³/mol. The van der Waals surface area contributed by atoms with E-state index in [-0.39, 0.29) is 24.3 Å². The molecule has 0 bridgehead atoms. The number of carbonyl (C=O) groups excluding carboxylic acids is 2. The Bertz CT molecular complexity index is 1090. The third kappa shape index (κ3) is 5.10. The standard InChI is InChI=1S/C20H18N4O4/c1-13(25)28-15-8-6-14(7-9-15)12-21-24-19(26)11-10-18-20(27)23-17-5-3-2-4-16(17)22-18/h2-9,12H,10-11H2,1H3,(H,23,27)(H,24,26)/b21-12-. The first kappa shape index (κ1) is 19.0. The highest BCUT2D eigenvalue weighted by Gasteiger charge is 2.07. The van der Waals surface area contributed by atoms with E-state index in [1.807, 2.05) is 12.1 Å². The molecule has 0 atom stereocenters. The molecule has 0 saturated carbocycles. The molecule has 28 heavy (non-hydrogen) atoms. The summed E-state index contributed by atoms with van der Waals surface area (Å²) < 4.78 is 4.94. The molecule has 0 radical (unpaired) electrons. The lowest BCUT2D eigenvalue weighted by Gasteiger charge is -2.03. The fourth-order valence-electron chi connectivity index (χ4n) is 2.49. The number of hydrogen-bond acceptors (Lipinski definition) is 6. The van der Waals surface area contributed by atoms with Crippen molar-refractivity contribution in [3.05, 3.63) is 70.1 Å². The summed E-state index contributed by atoms with van der Waals surface area (Å²) in [6, 6.07) is 13.9. The van der Waals surface area contributed by atoms with Gasteiger partial charge in [0.05, 0.1) is 17.2 Å². The number of ether oxygens (including phenoxy) is 1. The average molecular weight is 378 g/mol. The van der Waals surface area contributed by atoms with E-state index in [9.17, 15) is 14.4 Å². The maximum Gasteiger partial charge on any atom is 0.308 e. The SMILES string of the molecule is CC(=O)Oc1ccc(/C=N\NC(=O)CCc2nc3ccccc3[nH]c2=O)cc1. The number of hydrogen-bond donors (Lipinski definition) is 2. The molecule has 0 fully saturated rings. The number of aryl methyl sites for hydroxylation is 1. The van der Waals surface area contributed by atoms with E-state index in [0.29, 0.717) is 22.5 Å². The van der Waals surface area contributed by atoms with Gasteiger partial charge < -0.3 is 9.72 Å². The van der Waals surface area contributed by atoms with Gasteiger partial charge in [-0.1, -0.05) is 12.1 Å². The van der Waals surface area contributed by atoms with Crippen LogP contribution in [0.15, 0.2) is 58.4 Å². The predicted octanol–water partition coefficient (Wildman–Crippen LogP) is 1.93. The van der Waals surface area contributed by atoms with Gasteiger partial charge in [0, 0.05) is 19.8 Å². The van der Waals surface area contributed by atoms with Crippen LogP contribution >= 0.6 is 0 Å². The maximum absolute atomic E-state index is 12.0. The summed E-state index contributed by atoms with van der Waals surface area (Å²) in [6.45, 7) is 1.33. The normalized spacial score (nSPS) is 10.9.